The fourth-order valence-corrected chi connectivity index (χ4v) is 3.80. The van der Waals surface area contributed by atoms with Crippen molar-refractivity contribution in [2.45, 2.75) is 49.4 Å². The summed E-state index contributed by atoms with van der Waals surface area (Å²) in [6, 6.07) is 15.7. The first-order valence-corrected chi connectivity index (χ1v) is 9.52. The summed E-state index contributed by atoms with van der Waals surface area (Å²) in [4.78, 5) is 25.3. The number of ether oxygens (including phenoxy) is 1. The predicted molar refractivity (Wildman–Crippen MR) is 104 cm³/mol. The summed E-state index contributed by atoms with van der Waals surface area (Å²) >= 11 is 1.41. The fourth-order valence-electron chi connectivity index (χ4n) is 2.70. The molecule has 0 saturated heterocycles. The molecule has 0 bridgehead atoms. The first-order chi connectivity index (χ1) is 12.3. The molecule has 0 aromatic heterocycles. The van der Waals surface area contributed by atoms with Crippen LogP contribution >= 0.6 is 11.8 Å². The molecular weight excluding hydrogens is 346 g/mol. The van der Waals surface area contributed by atoms with Gasteiger partial charge in [0.25, 0.3) is 0 Å². The molecule has 0 saturated carbocycles. The van der Waals surface area contributed by atoms with Crippen molar-refractivity contribution >= 4 is 29.3 Å². The van der Waals surface area contributed by atoms with E-state index in [2.05, 4.69) is 38.2 Å². The van der Waals surface area contributed by atoms with Gasteiger partial charge in [-0.2, -0.15) is 0 Å². The molecule has 0 spiro atoms. The third-order valence-electron chi connectivity index (χ3n) is 4.28. The third kappa shape index (κ3) is 4.47. The molecule has 3 rings (SSSR count). The standard InChI is InChI=1S/C21H23NO3S/c1-21(2,3)15-10-8-14(9-11-15)13-25-19(23)12-18-20(24)22-16-6-4-5-7-17(16)26-18/h4-11,18H,12-13H2,1-3H3,(H,22,24)/t18-/m1/s1. The Morgan fingerprint density at radius 2 is 1.81 bits per heavy atom. The number of benzene rings is 2. The third-order valence-corrected chi connectivity index (χ3v) is 5.55. The van der Waals surface area contributed by atoms with E-state index in [-0.39, 0.29) is 30.3 Å². The molecule has 1 atom stereocenters. The smallest absolute Gasteiger partial charge is 0.307 e. The Morgan fingerprint density at radius 1 is 1.12 bits per heavy atom. The molecule has 136 valence electrons. The lowest BCUT2D eigenvalue weighted by Crippen LogP contribution is -2.31. The minimum Gasteiger partial charge on any atom is -0.461 e. The fraction of sp³-hybridized carbons (Fsp3) is 0.333. The van der Waals surface area contributed by atoms with Gasteiger partial charge in [0.15, 0.2) is 0 Å². The number of nitrogens with one attached hydrogen (secondary N) is 1. The van der Waals surface area contributed by atoms with E-state index in [0.717, 1.165) is 16.1 Å². The molecule has 0 unspecified atom stereocenters. The zero-order valence-corrected chi connectivity index (χ0v) is 16.1. The second-order valence-corrected chi connectivity index (χ2v) is 8.65. The van der Waals surface area contributed by atoms with Crippen molar-refractivity contribution in [2.75, 3.05) is 5.32 Å². The highest BCUT2D eigenvalue weighted by Gasteiger charge is 2.29. The molecule has 0 fully saturated rings. The van der Waals surface area contributed by atoms with Crippen LogP contribution in [0.2, 0.25) is 0 Å². The van der Waals surface area contributed by atoms with Gasteiger partial charge in [0.1, 0.15) is 6.61 Å². The number of carbonyl (C=O) groups excluding carboxylic acids is 2. The molecule has 5 heteroatoms. The summed E-state index contributed by atoms with van der Waals surface area (Å²) in [5.74, 6) is -0.517. The Morgan fingerprint density at radius 3 is 2.50 bits per heavy atom. The number of hydrogen-bond donors (Lipinski definition) is 1. The van der Waals surface area contributed by atoms with Crippen molar-refractivity contribution in [3.8, 4) is 0 Å². The van der Waals surface area contributed by atoms with Crippen molar-refractivity contribution in [3.05, 3.63) is 59.7 Å². The van der Waals surface area contributed by atoms with Crippen LogP contribution in [-0.2, 0) is 26.3 Å². The number of amides is 1. The monoisotopic (exact) mass is 369 g/mol. The number of para-hydroxylation sites is 1. The van der Waals surface area contributed by atoms with Crippen LogP contribution in [0.15, 0.2) is 53.4 Å². The predicted octanol–water partition coefficient (Wildman–Crippen LogP) is 4.53. The summed E-state index contributed by atoms with van der Waals surface area (Å²) in [5.41, 5.74) is 3.07. The van der Waals surface area contributed by atoms with E-state index in [1.54, 1.807) is 0 Å². The number of carbonyl (C=O) groups is 2. The van der Waals surface area contributed by atoms with Gasteiger partial charge in [-0.15, -0.1) is 11.8 Å². The Hall–Kier alpha value is -2.27. The Kier molecular flexibility index (Phi) is 5.37. The van der Waals surface area contributed by atoms with Crippen molar-refractivity contribution in [2.24, 2.45) is 0 Å². The molecule has 26 heavy (non-hydrogen) atoms. The van der Waals surface area contributed by atoms with Crippen molar-refractivity contribution in [1.82, 2.24) is 0 Å². The molecular formula is C21H23NO3S. The van der Waals surface area contributed by atoms with Gasteiger partial charge in [-0.1, -0.05) is 57.2 Å². The molecule has 4 nitrogen and oxygen atoms in total. The average molecular weight is 369 g/mol. The van der Waals surface area contributed by atoms with Gasteiger partial charge < -0.3 is 10.1 Å². The molecule has 1 aliphatic rings. The number of fused-ring (bicyclic) bond motifs is 1. The highest BCUT2D eigenvalue weighted by molar-refractivity contribution is 8.01. The number of hydrogen-bond acceptors (Lipinski definition) is 4. The number of esters is 1. The van der Waals surface area contributed by atoms with Gasteiger partial charge >= 0.3 is 5.97 Å². The lowest BCUT2D eigenvalue weighted by atomic mass is 9.87. The van der Waals surface area contributed by atoms with Gasteiger partial charge in [-0.05, 0) is 28.7 Å². The van der Waals surface area contributed by atoms with E-state index in [4.69, 9.17) is 4.74 Å². The van der Waals surface area contributed by atoms with Crippen LogP contribution in [0.3, 0.4) is 0 Å². The van der Waals surface area contributed by atoms with Gasteiger partial charge in [-0.3, -0.25) is 9.59 Å². The second-order valence-electron chi connectivity index (χ2n) is 7.40. The Bertz CT molecular complexity index is 809. The average Bonchev–Trinajstić information content (AvgIpc) is 2.60. The SMILES string of the molecule is CC(C)(C)c1ccc(COC(=O)C[C@H]2Sc3ccccc3NC2=O)cc1. The van der Waals surface area contributed by atoms with Crippen LogP contribution in [0.5, 0.6) is 0 Å². The van der Waals surface area contributed by atoms with E-state index in [9.17, 15) is 9.59 Å². The number of thioether (sulfide) groups is 1. The first-order valence-electron chi connectivity index (χ1n) is 8.64. The van der Waals surface area contributed by atoms with Crippen LogP contribution in [0.4, 0.5) is 5.69 Å². The van der Waals surface area contributed by atoms with E-state index in [0.29, 0.717) is 0 Å². The van der Waals surface area contributed by atoms with Crippen LogP contribution in [-0.4, -0.2) is 17.1 Å². The van der Waals surface area contributed by atoms with Crippen LogP contribution < -0.4 is 5.32 Å². The zero-order valence-electron chi connectivity index (χ0n) is 15.2. The Labute approximate surface area is 158 Å². The largest absolute Gasteiger partial charge is 0.461 e. The lowest BCUT2D eigenvalue weighted by molar-refractivity contribution is -0.145. The first kappa shape index (κ1) is 18.5. The van der Waals surface area contributed by atoms with Crippen LogP contribution in [0.25, 0.3) is 0 Å². The molecule has 0 aliphatic carbocycles. The molecule has 1 N–H and O–H groups in total. The quantitative estimate of drug-likeness (QED) is 0.805. The number of rotatable bonds is 4. The summed E-state index contributed by atoms with van der Waals surface area (Å²) in [7, 11) is 0. The molecule has 2 aromatic rings. The summed E-state index contributed by atoms with van der Waals surface area (Å²) in [5, 5.41) is 2.38. The van der Waals surface area contributed by atoms with Crippen molar-refractivity contribution < 1.29 is 14.3 Å². The van der Waals surface area contributed by atoms with E-state index < -0.39 is 5.25 Å². The van der Waals surface area contributed by atoms with Gasteiger partial charge in [0.2, 0.25) is 5.91 Å². The van der Waals surface area contributed by atoms with Crippen LogP contribution in [0, 0.1) is 0 Å². The van der Waals surface area contributed by atoms with Crippen LogP contribution in [0.1, 0.15) is 38.3 Å². The summed E-state index contributed by atoms with van der Waals surface area (Å²) < 4.78 is 5.36. The Balaban J connectivity index is 1.54. The molecule has 2 aromatic carbocycles. The summed E-state index contributed by atoms with van der Waals surface area (Å²) in [6.07, 6.45) is 0.0604. The van der Waals surface area contributed by atoms with Crippen molar-refractivity contribution in [1.29, 1.82) is 0 Å². The molecule has 1 aliphatic heterocycles. The summed E-state index contributed by atoms with van der Waals surface area (Å²) in [6.45, 7) is 6.70. The highest BCUT2D eigenvalue weighted by Crippen LogP contribution is 2.36. The van der Waals surface area contributed by atoms with Crippen molar-refractivity contribution in [3.63, 3.8) is 0 Å². The van der Waals surface area contributed by atoms with E-state index >= 15 is 0 Å². The molecule has 1 heterocycles. The molecule has 1 amide bonds. The van der Waals surface area contributed by atoms with Gasteiger partial charge in [0.05, 0.1) is 17.4 Å². The van der Waals surface area contributed by atoms with E-state index in [1.165, 1.54) is 17.3 Å². The lowest BCUT2D eigenvalue weighted by Gasteiger charge is -2.23. The van der Waals surface area contributed by atoms with Gasteiger partial charge in [-0.25, -0.2) is 0 Å². The van der Waals surface area contributed by atoms with E-state index in [1.807, 2.05) is 36.4 Å². The maximum absolute atomic E-state index is 12.2. The number of anilines is 1. The highest BCUT2D eigenvalue weighted by atomic mass is 32.2. The van der Waals surface area contributed by atoms with Gasteiger partial charge in [0, 0.05) is 4.90 Å². The normalized spacial score (nSPS) is 16.6. The zero-order chi connectivity index (χ0) is 18.7. The minimum absolute atomic E-state index is 0.0604. The second kappa shape index (κ2) is 7.54. The molecule has 0 radical (unpaired) electrons. The maximum atomic E-state index is 12.2. The minimum atomic E-state index is -0.458. The maximum Gasteiger partial charge on any atom is 0.307 e. The topological polar surface area (TPSA) is 55.4 Å².